The molecule has 1 aliphatic rings. The fourth-order valence-corrected chi connectivity index (χ4v) is 3.39. The van der Waals surface area contributed by atoms with Gasteiger partial charge in [0.2, 0.25) is 0 Å². The van der Waals surface area contributed by atoms with E-state index in [0.717, 1.165) is 18.4 Å². The molecule has 4 nitrogen and oxygen atoms in total. The number of rotatable bonds is 6. The van der Waals surface area contributed by atoms with Crippen molar-refractivity contribution in [3.63, 3.8) is 0 Å². The monoisotopic (exact) mass is 392 g/mol. The largest absolute Gasteiger partial charge is 0.378 e. The molecule has 1 saturated heterocycles. The molecule has 0 aliphatic carbocycles. The van der Waals surface area contributed by atoms with Crippen LogP contribution in [0.25, 0.3) is 0 Å². The Morgan fingerprint density at radius 2 is 1.85 bits per heavy atom. The summed E-state index contributed by atoms with van der Waals surface area (Å²) in [6.07, 6.45) is 1.64. The number of hydrogen-bond donors (Lipinski definition) is 2. The van der Waals surface area contributed by atoms with E-state index in [4.69, 9.17) is 27.9 Å². The minimum atomic E-state index is -0.0466. The number of hydrogen-bond acceptors (Lipinski definition) is 3. The number of ether oxygens (including phenoxy) is 1. The molecule has 3 rings (SSSR count). The van der Waals surface area contributed by atoms with Crippen LogP contribution in [0.2, 0.25) is 10.0 Å². The number of amides is 1. The summed E-state index contributed by atoms with van der Waals surface area (Å²) >= 11 is 12.1. The molecule has 2 aromatic carbocycles. The molecule has 26 heavy (non-hydrogen) atoms. The van der Waals surface area contributed by atoms with Crippen LogP contribution in [0.5, 0.6) is 0 Å². The molecule has 138 valence electrons. The van der Waals surface area contributed by atoms with Gasteiger partial charge in [-0.3, -0.25) is 4.79 Å². The molecule has 1 fully saturated rings. The van der Waals surface area contributed by atoms with Crippen molar-refractivity contribution in [3.05, 3.63) is 69.7 Å². The summed E-state index contributed by atoms with van der Waals surface area (Å²) in [6, 6.07) is 15.4. The van der Waals surface area contributed by atoms with Crippen LogP contribution in [0.15, 0.2) is 48.5 Å². The van der Waals surface area contributed by atoms with Crippen molar-refractivity contribution in [2.24, 2.45) is 0 Å². The van der Waals surface area contributed by atoms with E-state index in [0.29, 0.717) is 35.4 Å². The van der Waals surface area contributed by atoms with Gasteiger partial charge >= 0.3 is 0 Å². The second-order valence-electron chi connectivity index (χ2n) is 6.46. The smallest absolute Gasteiger partial charge is 0.251 e. The number of nitrogens with one attached hydrogen (secondary N) is 2. The molecule has 2 N–H and O–H groups in total. The summed E-state index contributed by atoms with van der Waals surface area (Å²) < 4.78 is 5.73. The first-order chi connectivity index (χ1) is 12.6. The van der Waals surface area contributed by atoms with E-state index in [-0.39, 0.29) is 18.0 Å². The van der Waals surface area contributed by atoms with E-state index in [9.17, 15) is 4.79 Å². The maximum absolute atomic E-state index is 12.1. The molecule has 0 spiro atoms. The molecule has 0 radical (unpaired) electrons. The van der Waals surface area contributed by atoms with Gasteiger partial charge in [-0.2, -0.15) is 0 Å². The minimum absolute atomic E-state index is 0.0466. The number of carbonyl (C=O) groups excluding carboxylic acids is 1. The third-order valence-corrected chi connectivity index (χ3v) is 5.13. The minimum Gasteiger partial charge on any atom is -0.378 e. The van der Waals surface area contributed by atoms with Crippen LogP contribution in [0.1, 0.15) is 22.3 Å². The van der Waals surface area contributed by atoms with Crippen LogP contribution in [0.4, 0.5) is 0 Å². The SMILES string of the molecule is O=C(NCCC1COCC(Cc2ccc(Cl)c(Cl)c2)N1)c1ccccc1. The van der Waals surface area contributed by atoms with Crippen LogP contribution in [0, 0.1) is 0 Å². The van der Waals surface area contributed by atoms with Gasteiger partial charge in [0.25, 0.3) is 5.91 Å². The summed E-state index contributed by atoms with van der Waals surface area (Å²) in [5.74, 6) is -0.0466. The molecular weight excluding hydrogens is 371 g/mol. The highest BCUT2D eigenvalue weighted by molar-refractivity contribution is 6.42. The number of benzene rings is 2. The summed E-state index contributed by atoms with van der Waals surface area (Å²) in [5.41, 5.74) is 1.80. The molecule has 2 unspecified atom stereocenters. The lowest BCUT2D eigenvalue weighted by atomic mass is 10.0. The second kappa shape index (κ2) is 9.38. The van der Waals surface area contributed by atoms with Crippen LogP contribution in [-0.2, 0) is 11.2 Å². The zero-order chi connectivity index (χ0) is 18.4. The number of halogens is 2. The molecule has 1 amide bonds. The highest BCUT2D eigenvalue weighted by atomic mass is 35.5. The molecule has 0 bridgehead atoms. The predicted octanol–water partition coefficient (Wildman–Crippen LogP) is 3.71. The van der Waals surface area contributed by atoms with Crippen LogP contribution in [0.3, 0.4) is 0 Å². The lowest BCUT2D eigenvalue weighted by Gasteiger charge is -2.31. The van der Waals surface area contributed by atoms with Gasteiger partial charge in [0.05, 0.1) is 23.3 Å². The van der Waals surface area contributed by atoms with Crippen molar-refractivity contribution < 1.29 is 9.53 Å². The Balaban J connectivity index is 1.44. The van der Waals surface area contributed by atoms with E-state index in [1.54, 1.807) is 0 Å². The second-order valence-corrected chi connectivity index (χ2v) is 7.28. The molecule has 1 aliphatic heterocycles. The highest BCUT2D eigenvalue weighted by Gasteiger charge is 2.22. The fraction of sp³-hybridized carbons (Fsp3) is 0.350. The summed E-state index contributed by atoms with van der Waals surface area (Å²) in [6.45, 7) is 1.92. The first-order valence-corrected chi connectivity index (χ1v) is 9.48. The molecule has 2 aromatic rings. The summed E-state index contributed by atoms with van der Waals surface area (Å²) in [7, 11) is 0. The predicted molar refractivity (Wildman–Crippen MR) is 105 cm³/mol. The zero-order valence-electron chi connectivity index (χ0n) is 14.4. The lowest BCUT2D eigenvalue weighted by molar-refractivity contribution is 0.0431. The van der Waals surface area contributed by atoms with Gasteiger partial charge in [-0.05, 0) is 42.7 Å². The van der Waals surface area contributed by atoms with Crippen molar-refractivity contribution >= 4 is 29.1 Å². The van der Waals surface area contributed by atoms with E-state index in [2.05, 4.69) is 10.6 Å². The number of carbonyl (C=O) groups is 1. The Morgan fingerprint density at radius 1 is 1.08 bits per heavy atom. The fourth-order valence-electron chi connectivity index (χ4n) is 3.07. The Kier molecular flexibility index (Phi) is 6.92. The van der Waals surface area contributed by atoms with Crippen LogP contribution >= 0.6 is 23.2 Å². The first-order valence-electron chi connectivity index (χ1n) is 8.73. The molecule has 1 heterocycles. The van der Waals surface area contributed by atoms with E-state index >= 15 is 0 Å². The third kappa shape index (κ3) is 5.45. The zero-order valence-corrected chi connectivity index (χ0v) is 15.9. The third-order valence-electron chi connectivity index (χ3n) is 4.39. The van der Waals surface area contributed by atoms with Gasteiger partial charge in [-0.15, -0.1) is 0 Å². The number of morpholine rings is 1. The Hall–Kier alpha value is -1.59. The van der Waals surface area contributed by atoms with Crippen molar-refractivity contribution in [1.29, 1.82) is 0 Å². The van der Waals surface area contributed by atoms with Gasteiger partial charge in [0.1, 0.15) is 0 Å². The standard InChI is InChI=1S/C20H22Cl2N2O2/c21-18-7-6-14(11-19(18)22)10-17-13-26-12-16(24-17)8-9-23-20(25)15-4-2-1-3-5-15/h1-7,11,16-17,24H,8-10,12-13H2,(H,23,25). The van der Waals surface area contributed by atoms with E-state index in [1.165, 1.54) is 0 Å². The van der Waals surface area contributed by atoms with E-state index < -0.39 is 0 Å². The van der Waals surface area contributed by atoms with Gasteiger partial charge in [-0.1, -0.05) is 47.5 Å². The Bertz CT molecular complexity index is 740. The van der Waals surface area contributed by atoms with Crippen molar-refractivity contribution in [3.8, 4) is 0 Å². The molecule has 0 aromatic heterocycles. The Morgan fingerprint density at radius 3 is 2.62 bits per heavy atom. The molecule has 0 saturated carbocycles. The molecule has 6 heteroatoms. The molecule has 2 atom stereocenters. The average molecular weight is 393 g/mol. The Labute approximate surface area is 163 Å². The maximum Gasteiger partial charge on any atom is 0.251 e. The first kappa shape index (κ1) is 19.2. The summed E-state index contributed by atoms with van der Waals surface area (Å²) in [4.78, 5) is 12.1. The normalized spacial score (nSPS) is 19.9. The highest BCUT2D eigenvalue weighted by Crippen LogP contribution is 2.23. The lowest BCUT2D eigenvalue weighted by Crippen LogP contribution is -2.50. The summed E-state index contributed by atoms with van der Waals surface area (Å²) in [5, 5.41) is 7.69. The van der Waals surface area contributed by atoms with Crippen LogP contribution in [-0.4, -0.2) is 37.7 Å². The van der Waals surface area contributed by atoms with Crippen LogP contribution < -0.4 is 10.6 Å². The van der Waals surface area contributed by atoms with Gasteiger partial charge < -0.3 is 15.4 Å². The van der Waals surface area contributed by atoms with Gasteiger partial charge in [0, 0.05) is 24.2 Å². The van der Waals surface area contributed by atoms with E-state index in [1.807, 2.05) is 48.5 Å². The quantitative estimate of drug-likeness (QED) is 0.787. The van der Waals surface area contributed by atoms with Crippen molar-refractivity contribution in [2.45, 2.75) is 24.9 Å². The topological polar surface area (TPSA) is 50.4 Å². The average Bonchev–Trinajstić information content (AvgIpc) is 2.66. The molecular formula is C20H22Cl2N2O2. The van der Waals surface area contributed by atoms with Gasteiger partial charge in [0.15, 0.2) is 0 Å². The van der Waals surface area contributed by atoms with Gasteiger partial charge in [-0.25, -0.2) is 0 Å². The van der Waals surface area contributed by atoms with Crippen molar-refractivity contribution in [2.75, 3.05) is 19.8 Å². The maximum atomic E-state index is 12.1. The van der Waals surface area contributed by atoms with Crippen molar-refractivity contribution in [1.82, 2.24) is 10.6 Å².